The number of nitrogens with zero attached hydrogens (tertiary/aromatic N) is 1. The number of nitrogens with one attached hydrogen (secondary N) is 1. The second kappa shape index (κ2) is 8.66. The molecule has 1 aliphatic rings. The molecule has 0 aliphatic carbocycles. The monoisotopic (exact) mass is 393 g/mol. The molecule has 2 aromatic rings. The molecule has 7 heteroatoms. The number of likely N-dealkylation sites (tertiary alicyclic amines) is 1. The summed E-state index contributed by atoms with van der Waals surface area (Å²) in [5.74, 6) is 0.148. The first-order chi connectivity index (χ1) is 12.0. The van der Waals surface area contributed by atoms with Crippen LogP contribution in [0.25, 0.3) is 0 Å². The molecule has 1 aromatic carbocycles. The molecule has 1 fully saturated rings. The van der Waals surface area contributed by atoms with Crippen molar-refractivity contribution >= 4 is 40.6 Å². The van der Waals surface area contributed by atoms with Gasteiger partial charge in [-0.3, -0.25) is 9.59 Å². The lowest BCUT2D eigenvalue weighted by molar-refractivity contribution is 0.0792. The predicted octanol–water partition coefficient (Wildman–Crippen LogP) is 3.72. The highest BCUT2D eigenvalue weighted by molar-refractivity contribution is 7.14. The van der Waals surface area contributed by atoms with Gasteiger partial charge in [0, 0.05) is 24.7 Å². The largest absolute Gasteiger partial charge is 0.337 e. The molecule has 26 heavy (non-hydrogen) atoms. The summed E-state index contributed by atoms with van der Waals surface area (Å²) in [4.78, 5) is 26.9. The zero-order chi connectivity index (χ0) is 18.0. The first kappa shape index (κ1) is 20.4. The number of hydrogen-bond donors (Lipinski definition) is 2. The molecule has 0 unspecified atom stereocenters. The molecule has 3 N–H and O–H groups in total. The highest BCUT2D eigenvalue weighted by Gasteiger charge is 2.27. The van der Waals surface area contributed by atoms with Crippen LogP contribution in [-0.4, -0.2) is 35.8 Å². The van der Waals surface area contributed by atoms with Crippen molar-refractivity contribution in [1.82, 2.24) is 4.90 Å². The van der Waals surface area contributed by atoms with Gasteiger partial charge in [-0.25, -0.2) is 0 Å². The minimum Gasteiger partial charge on any atom is -0.337 e. The summed E-state index contributed by atoms with van der Waals surface area (Å²) in [6.07, 6.45) is 0.819. The van der Waals surface area contributed by atoms with Gasteiger partial charge in [0.15, 0.2) is 0 Å². The average Bonchev–Trinajstić information content (AvgIpc) is 3.23. The van der Waals surface area contributed by atoms with Crippen molar-refractivity contribution in [3.05, 3.63) is 52.4 Å². The van der Waals surface area contributed by atoms with E-state index in [1.807, 2.05) is 29.6 Å². The van der Waals surface area contributed by atoms with Gasteiger partial charge in [-0.1, -0.05) is 26.0 Å². The van der Waals surface area contributed by atoms with Gasteiger partial charge in [-0.05, 0) is 41.5 Å². The summed E-state index contributed by atoms with van der Waals surface area (Å²) >= 11 is 1.36. The van der Waals surface area contributed by atoms with E-state index < -0.39 is 0 Å². The summed E-state index contributed by atoms with van der Waals surface area (Å²) in [5.41, 5.74) is 8.19. The Bertz CT molecular complexity index is 773. The van der Waals surface area contributed by atoms with Crippen LogP contribution in [0.2, 0.25) is 0 Å². The number of rotatable bonds is 4. The maximum Gasteiger partial charge on any atom is 0.256 e. The Hall–Kier alpha value is -1.89. The van der Waals surface area contributed by atoms with E-state index in [9.17, 15) is 9.59 Å². The van der Waals surface area contributed by atoms with Gasteiger partial charge in [-0.15, -0.1) is 23.7 Å². The molecule has 1 aliphatic heterocycles. The first-order valence-electron chi connectivity index (χ1n) is 8.49. The van der Waals surface area contributed by atoms with E-state index in [2.05, 4.69) is 19.2 Å². The Morgan fingerprint density at radius 2 is 1.92 bits per heavy atom. The van der Waals surface area contributed by atoms with Crippen molar-refractivity contribution < 1.29 is 9.59 Å². The third kappa shape index (κ3) is 4.44. The Morgan fingerprint density at radius 1 is 1.23 bits per heavy atom. The van der Waals surface area contributed by atoms with Gasteiger partial charge in [-0.2, -0.15) is 0 Å². The van der Waals surface area contributed by atoms with E-state index in [0.717, 1.165) is 6.42 Å². The lowest BCUT2D eigenvalue weighted by Crippen LogP contribution is -2.32. The minimum absolute atomic E-state index is 0. The molecular formula is C19H24ClN3O2S. The molecule has 0 spiro atoms. The number of hydrogen-bond acceptors (Lipinski definition) is 4. The van der Waals surface area contributed by atoms with E-state index in [-0.39, 0.29) is 30.3 Å². The Labute approximate surface area is 164 Å². The van der Waals surface area contributed by atoms with Gasteiger partial charge in [0.2, 0.25) is 0 Å². The molecule has 0 saturated carbocycles. The van der Waals surface area contributed by atoms with Crippen molar-refractivity contribution in [2.75, 3.05) is 18.4 Å². The number of amides is 2. The molecule has 1 aromatic heterocycles. The second-order valence-electron chi connectivity index (χ2n) is 6.69. The summed E-state index contributed by atoms with van der Waals surface area (Å²) in [6, 6.07) is 9.37. The van der Waals surface area contributed by atoms with E-state index in [1.165, 1.54) is 16.9 Å². The summed E-state index contributed by atoms with van der Waals surface area (Å²) in [7, 11) is 0. The van der Waals surface area contributed by atoms with E-state index >= 15 is 0 Å². The fraction of sp³-hybridized carbons (Fsp3) is 0.368. The zero-order valence-corrected chi connectivity index (χ0v) is 16.5. The molecule has 0 radical (unpaired) electrons. The fourth-order valence-corrected chi connectivity index (χ4v) is 3.69. The van der Waals surface area contributed by atoms with Crippen LogP contribution in [-0.2, 0) is 0 Å². The standard InChI is InChI=1S/C19H23N3O2S.ClH/c1-12(2)13-3-5-14(6-4-13)17(23)21-18-16(8-10-25-18)19(24)22-9-7-15(20)11-22;/h3-6,8,10,12,15H,7,9,11,20H2,1-2H3,(H,21,23);1H/t15-;/m1./s1. The maximum absolute atomic E-state index is 12.6. The fourth-order valence-electron chi connectivity index (χ4n) is 2.91. The van der Waals surface area contributed by atoms with Crippen LogP contribution >= 0.6 is 23.7 Å². The number of anilines is 1. The molecule has 2 amide bonds. The number of carbonyl (C=O) groups excluding carboxylic acids is 2. The van der Waals surface area contributed by atoms with Crippen LogP contribution in [0.15, 0.2) is 35.7 Å². The third-order valence-corrected chi connectivity index (χ3v) is 5.30. The van der Waals surface area contributed by atoms with Crippen molar-refractivity contribution in [3.63, 3.8) is 0 Å². The van der Waals surface area contributed by atoms with Crippen LogP contribution in [0.5, 0.6) is 0 Å². The minimum atomic E-state index is -0.204. The van der Waals surface area contributed by atoms with Gasteiger partial charge < -0.3 is 16.0 Å². The summed E-state index contributed by atoms with van der Waals surface area (Å²) in [5, 5.41) is 5.28. The molecule has 1 atom stereocenters. The van der Waals surface area contributed by atoms with Crippen LogP contribution in [0.3, 0.4) is 0 Å². The van der Waals surface area contributed by atoms with Crippen molar-refractivity contribution in [1.29, 1.82) is 0 Å². The molecule has 0 bridgehead atoms. The third-order valence-electron chi connectivity index (χ3n) is 4.47. The number of thiophene rings is 1. The molecule has 5 nitrogen and oxygen atoms in total. The number of nitrogens with two attached hydrogens (primary N) is 1. The van der Waals surface area contributed by atoms with E-state index in [4.69, 9.17) is 5.73 Å². The molecule has 2 heterocycles. The van der Waals surface area contributed by atoms with Gasteiger partial charge in [0.1, 0.15) is 5.00 Å². The van der Waals surface area contributed by atoms with E-state index in [1.54, 1.807) is 11.0 Å². The number of halogens is 1. The average molecular weight is 394 g/mol. The maximum atomic E-state index is 12.6. The van der Waals surface area contributed by atoms with Crippen LogP contribution < -0.4 is 11.1 Å². The first-order valence-corrected chi connectivity index (χ1v) is 9.37. The second-order valence-corrected chi connectivity index (χ2v) is 7.61. The highest BCUT2D eigenvalue weighted by Crippen LogP contribution is 2.26. The van der Waals surface area contributed by atoms with Crippen molar-refractivity contribution in [3.8, 4) is 0 Å². The zero-order valence-electron chi connectivity index (χ0n) is 14.9. The topological polar surface area (TPSA) is 75.4 Å². The summed E-state index contributed by atoms with van der Waals surface area (Å²) < 4.78 is 0. The number of carbonyl (C=O) groups is 2. The SMILES string of the molecule is CC(C)c1ccc(C(=O)Nc2sccc2C(=O)N2CC[C@@H](N)C2)cc1.Cl. The van der Waals surface area contributed by atoms with Crippen molar-refractivity contribution in [2.45, 2.75) is 32.2 Å². The molecule has 3 rings (SSSR count). The smallest absolute Gasteiger partial charge is 0.256 e. The predicted molar refractivity (Wildman–Crippen MR) is 109 cm³/mol. The normalized spacial score (nSPS) is 16.5. The Morgan fingerprint density at radius 3 is 2.50 bits per heavy atom. The van der Waals surface area contributed by atoms with Crippen molar-refractivity contribution in [2.24, 2.45) is 5.73 Å². The molecule has 1 saturated heterocycles. The summed E-state index contributed by atoms with van der Waals surface area (Å²) in [6.45, 7) is 5.46. The lowest BCUT2D eigenvalue weighted by Gasteiger charge is -2.16. The van der Waals surface area contributed by atoms with Gasteiger partial charge in [0.25, 0.3) is 11.8 Å². The van der Waals surface area contributed by atoms with E-state index in [0.29, 0.717) is 35.1 Å². The van der Waals surface area contributed by atoms with Crippen LogP contribution in [0, 0.1) is 0 Å². The Kier molecular flexibility index (Phi) is 6.81. The molecular weight excluding hydrogens is 370 g/mol. The quantitative estimate of drug-likeness (QED) is 0.831. The number of benzene rings is 1. The highest BCUT2D eigenvalue weighted by atomic mass is 35.5. The van der Waals surface area contributed by atoms with Crippen LogP contribution in [0.4, 0.5) is 5.00 Å². The lowest BCUT2D eigenvalue weighted by atomic mass is 10.0. The Balaban J connectivity index is 0.00000243. The molecule has 140 valence electrons. The van der Waals surface area contributed by atoms with Gasteiger partial charge >= 0.3 is 0 Å². The van der Waals surface area contributed by atoms with Crippen LogP contribution in [0.1, 0.15) is 52.5 Å². The van der Waals surface area contributed by atoms with Gasteiger partial charge in [0.05, 0.1) is 5.56 Å².